The van der Waals surface area contributed by atoms with Crippen LogP contribution < -0.4 is 0 Å². The highest BCUT2D eigenvalue weighted by Crippen LogP contribution is 2.34. The lowest BCUT2D eigenvalue weighted by atomic mass is 10.2. The van der Waals surface area contributed by atoms with Crippen LogP contribution in [0.2, 0.25) is 0 Å². The fourth-order valence-corrected chi connectivity index (χ4v) is 4.31. The highest BCUT2D eigenvalue weighted by molar-refractivity contribution is 8.18. The van der Waals surface area contributed by atoms with Gasteiger partial charge in [0.2, 0.25) is 0 Å². The van der Waals surface area contributed by atoms with E-state index in [-0.39, 0.29) is 23.2 Å². The van der Waals surface area contributed by atoms with E-state index < -0.39 is 0 Å². The molecular weight excluding hydrogens is 388 g/mol. The molecule has 0 unspecified atom stereocenters. The molecule has 2 heterocycles. The average molecular weight is 413 g/mol. The summed E-state index contributed by atoms with van der Waals surface area (Å²) >= 11 is 0.972. The predicted molar refractivity (Wildman–Crippen MR) is 114 cm³/mol. The average Bonchev–Trinajstić information content (AvgIpc) is 3.10. The third-order valence-electron chi connectivity index (χ3n) is 4.73. The molecule has 1 aromatic heterocycles. The van der Waals surface area contributed by atoms with Crippen LogP contribution in [-0.4, -0.2) is 39.2 Å². The minimum absolute atomic E-state index is 0.168. The molecule has 0 aliphatic carbocycles. The highest BCUT2D eigenvalue weighted by atomic mass is 32.2. The number of imide groups is 1. The summed E-state index contributed by atoms with van der Waals surface area (Å²) in [6, 6.07) is 9.02. The van der Waals surface area contributed by atoms with Crippen molar-refractivity contribution in [1.82, 2.24) is 9.47 Å². The van der Waals surface area contributed by atoms with Crippen molar-refractivity contribution in [3.05, 3.63) is 57.8 Å². The zero-order valence-corrected chi connectivity index (χ0v) is 18.0. The molecule has 0 spiro atoms. The van der Waals surface area contributed by atoms with E-state index >= 15 is 0 Å². The third kappa shape index (κ3) is 4.00. The molecule has 0 atom stereocenters. The molecule has 6 nitrogen and oxygen atoms in total. The number of thioether (sulfide) groups is 1. The number of esters is 1. The van der Waals surface area contributed by atoms with Crippen LogP contribution in [0.1, 0.15) is 48.1 Å². The number of carbonyl (C=O) groups excluding carboxylic acids is 3. The molecule has 7 heteroatoms. The van der Waals surface area contributed by atoms with Crippen LogP contribution in [0, 0.1) is 13.8 Å². The molecule has 0 N–H and O–H groups in total. The quantitative estimate of drug-likeness (QED) is 0.525. The largest absolute Gasteiger partial charge is 0.462 e. The Bertz CT molecular complexity index is 1000. The standard InChI is InChI=1S/C22H24N2O4S/c1-6-28-21(26)16-7-9-18(10-8-16)24-14(4)11-17(15(24)5)12-19-20(25)23(13(2)3)22(27)29-19/h7-13H,6H2,1-5H3/b19-12+. The fraction of sp³-hybridized carbons (Fsp3) is 0.318. The molecule has 0 saturated carbocycles. The second-order valence-electron chi connectivity index (χ2n) is 7.07. The molecule has 1 aliphatic heterocycles. The molecule has 29 heavy (non-hydrogen) atoms. The smallest absolute Gasteiger partial charge is 0.338 e. The van der Waals surface area contributed by atoms with Gasteiger partial charge in [-0.05, 0) is 88.4 Å². The molecule has 1 saturated heterocycles. The van der Waals surface area contributed by atoms with Crippen molar-refractivity contribution >= 4 is 35.0 Å². The molecule has 2 aromatic rings. The van der Waals surface area contributed by atoms with Gasteiger partial charge >= 0.3 is 5.97 Å². The van der Waals surface area contributed by atoms with Gasteiger partial charge in [0.1, 0.15) is 0 Å². The molecule has 0 bridgehead atoms. The molecular formula is C22H24N2O4S. The Morgan fingerprint density at radius 3 is 2.38 bits per heavy atom. The summed E-state index contributed by atoms with van der Waals surface area (Å²) in [4.78, 5) is 38.2. The number of ether oxygens (including phenoxy) is 1. The Labute approximate surface area is 174 Å². The number of hydrogen-bond acceptors (Lipinski definition) is 5. The van der Waals surface area contributed by atoms with Gasteiger partial charge in [0.15, 0.2) is 0 Å². The van der Waals surface area contributed by atoms with Gasteiger partial charge in [0.25, 0.3) is 11.1 Å². The van der Waals surface area contributed by atoms with Gasteiger partial charge in [-0.15, -0.1) is 0 Å². The fourth-order valence-electron chi connectivity index (χ4n) is 3.36. The van der Waals surface area contributed by atoms with Gasteiger partial charge < -0.3 is 9.30 Å². The molecule has 1 aromatic carbocycles. The maximum absolute atomic E-state index is 12.6. The van der Waals surface area contributed by atoms with E-state index in [0.29, 0.717) is 17.1 Å². The maximum Gasteiger partial charge on any atom is 0.338 e. The normalized spacial score (nSPS) is 15.7. The first-order valence-corrected chi connectivity index (χ1v) is 10.3. The van der Waals surface area contributed by atoms with Gasteiger partial charge in [0, 0.05) is 23.1 Å². The molecule has 2 amide bonds. The van der Waals surface area contributed by atoms with Crippen molar-refractivity contribution in [2.24, 2.45) is 0 Å². The third-order valence-corrected chi connectivity index (χ3v) is 5.62. The first-order valence-electron chi connectivity index (χ1n) is 9.48. The minimum atomic E-state index is -0.346. The summed E-state index contributed by atoms with van der Waals surface area (Å²) in [5, 5.41) is -0.236. The van der Waals surface area contributed by atoms with Gasteiger partial charge in [-0.1, -0.05) is 0 Å². The van der Waals surface area contributed by atoms with Crippen molar-refractivity contribution in [1.29, 1.82) is 0 Å². The summed E-state index contributed by atoms with van der Waals surface area (Å²) in [6.07, 6.45) is 1.78. The van der Waals surface area contributed by atoms with Gasteiger partial charge in [0.05, 0.1) is 17.1 Å². The van der Waals surface area contributed by atoms with E-state index in [1.54, 1.807) is 25.1 Å². The topological polar surface area (TPSA) is 68.6 Å². The van der Waals surface area contributed by atoms with Crippen LogP contribution in [-0.2, 0) is 9.53 Å². The van der Waals surface area contributed by atoms with E-state index in [2.05, 4.69) is 0 Å². The number of amides is 2. The van der Waals surface area contributed by atoms with Gasteiger partial charge in [-0.3, -0.25) is 14.5 Å². The van der Waals surface area contributed by atoms with Crippen LogP contribution in [0.25, 0.3) is 11.8 Å². The number of benzene rings is 1. The first-order chi connectivity index (χ1) is 13.7. The second-order valence-corrected chi connectivity index (χ2v) is 8.07. The SMILES string of the molecule is CCOC(=O)c1ccc(-n2c(C)cc(/C=C3/SC(=O)N(C(C)C)C3=O)c2C)cc1. The van der Waals surface area contributed by atoms with Crippen LogP contribution in [0.5, 0.6) is 0 Å². The molecule has 0 radical (unpaired) electrons. The predicted octanol–water partition coefficient (Wildman–Crippen LogP) is 4.72. The van der Waals surface area contributed by atoms with E-state index in [9.17, 15) is 14.4 Å². The Morgan fingerprint density at radius 1 is 1.17 bits per heavy atom. The van der Waals surface area contributed by atoms with Crippen LogP contribution >= 0.6 is 11.8 Å². The van der Waals surface area contributed by atoms with Crippen LogP contribution in [0.15, 0.2) is 35.2 Å². The zero-order chi connectivity index (χ0) is 21.3. The Kier molecular flexibility index (Phi) is 5.98. The lowest BCUT2D eigenvalue weighted by Crippen LogP contribution is -2.34. The highest BCUT2D eigenvalue weighted by Gasteiger charge is 2.36. The Morgan fingerprint density at radius 2 is 1.83 bits per heavy atom. The number of carbonyl (C=O) groups is 3. The maximum atomic E-state index is 12.6. The molecule has 1 fully saturated rings. The monoisotopic (exact) mass is 412 g/mol. The number of hydrogen-bond donors (Lipinski definition) is 0. The summed E-state index contributed by atoms with van der Waals surface area (Å²) in [6.45, 7) is 9.70. The Hall–Kier alpha value is -2.80. The minimum Gasteiger partial charge on any atom is -0.462 e. The lowest BCUT2D eigenvalue weighted by molar-refractivity contribution is -0.123. The van der Waals surface area contributed by atoms with E-state index in [1.807, 2.05) is 50.5 Å². The molecule has 3 rings (SSSR count). The summed E-state index contributed by atoms with van der Waals surface area (Å²) in [7, 11) is 0. The van der Waals surface area contributed by atoms with E-state index in [4.69, 9.17) is 4.74 Å². The van der Waals surface area contributed by atoms with Crippen molar-refractivity contribution in [3.63, 3.8) is 0 Å². The van der Waals surface area contributed by atoms with Crippen molar-refractivity contribution in [2.75, 3.05) is 6.61 Å². The van der Waals surface area contributed by atoms with E-state index in [0.717, 1.165) is 34.4 Å². The molecule has 1 aliphatic rings. The molecule has 152 valence electrons. The Balaban J connectivity index is 1.93. The second kappa shape index (κ2) is 8.29. The van der Waals surface area contributed by atoms with Crippen molar-refractivity contribution in [2.45, 2.75) is 40.7 Å². The van der Waals surface area contributed by atoms with Crippen LogP contribution in [0.3, 0.4) is 0 Å². The van der Waals surface area contributed by atoms with Crippen molar-refractivity contribution < 1.29 is 19.1 Å². The van der Waals surface area contributed by atoms with Gasteiger partial charge in [-0.2, -0.15) is 0 Å². The lowest BCUT2D eigenvalue weighted by Gasteiger charge is -2.16. The first kappa shape index (κ1) is 20.9. The summed E-state index contributed by atoms with van der Waals surface area (Å²) in [5.41, 5.74) is 4.22. The summed E-state index contributed by atoms with van der Waals surface area (Å²) in [5.74, 6) is -0.597. The number of aromatic nitrogens is 1. The number of aryl methyl sites for hydroxylation is 1. The van der Waals surface area contributed by atoms with Gasteiger partial charge in [-0.25, -0.2) is 4.79 Å². The van der Waals surface area contributed by atoms with E-state index in [1.165, 1.54) is 4.90 Å². The zero-order valence-electron chi connectivity index (χ0n) is 17.2. The van der Waals surface area contributed by atoms with Crippen molar-refractivity contribution in [3.8, 4) is 5.69 Å². The number of nitrogens with zero attached hydrogens (tertiary/aromatic N) is 2. The summed E-state index contributed by atoms with van der Waals surface area (Å²) < 4.78 is 7.07. The van der Waals surface area contributed by atoms with Crippen LogP contribution in [0.4, 0.5) is 4.79 Å². The number of rotatable bonds is 5.